The molecule has 9 heteroatoms. The number of aliphatic imine (C=N–C) groups is 1. The molecule has 1 atom stereocenters. The minimum absolute atomic E-state index is 0.250. The predicted molar refractivity (Wildman–Crippen MR) is 183 cm³/mol. The Labute approximate surface area is 266 Å². The normalized spacial score (nSPS) is 17.9. The van der Waals surface area contributed by atoms with Gasteiger partial charge in [0.25, 0.3) is 6.47 Å². The maximum absolute atomic E-state index is 9.34. The fourth-order valence-electron chi connectivity index (χ4n) is 6.37. The summed E-state index contributed by atoms with van der Waals surface area (Å²) in [6.45, 7) is 10.4. The number of carbonyl (C=O) groups excluding carboxylic acids is 1. The van der Waals surface area contributed by atoms with Crippen molar-refractivity contribution < 1.29 is 17.8 Å². The molecule has 0 radical (unpaired) electrons. The summed E-state index contributed by atoms with van der Waals surface area (Å²) in [5, 5.41) is 13.2. The molecule has 1 heterocycles. The number of halogens is 1. The van der Waals surface area contributed by atoms with Gasteiger partial charge in [0.2, 0.25) is 0 Å². The molecule has 0 amide bonds. The average Bonchev–Trinajstić information content (AvgIpc) is 3.74. The molecule has 2 fully saturated rings. The first-order valence-corrected chi connectivity index (χ1v) is 15.9. The van der Waals surface area contributed by atoms with Gasteiger partial charge in [-0.05, 0) is 112 Å². The highest BCUT2D eigenvalue weighted by atomic mass is 127. The van der Waals surface area contributed by atoms with Gasteiger partial charge in [-0.2, -0.15) is 0 Å². The Morgan fingerprint density at radius 3 is 2.38 bits per heavy atom. The fourth-order valence-corrected chi connectivity index (χ4v) is 6.78. The van der Waals surface area contributed by atoms with E-state index in [0.29, 0.717) is 18.0 Å². The molecule has 0 bridgehead atoms. The Morgan fingerprint density at radius 1 is 1.17 bits per heavy atom. The van der Waals surface area contributed by atoms with Crippen LogP contribution in [0.5, 0.6) is 5.75 Å². The first-order chi connectivity index (χ1) is 20.4. The molecular weight excluding hydrogens is 643 g/mol. The van der Waals surface area contributed by atoms with E-state index in [1.807, 2.05) is 23.0 Å². The molecule has 1 saturated carbocycles. The summed E-state index contributed by atoms with van der Waals surface area (Å²) in [6.07, 6.45) is 12.3. The molecule has 2 aromatic carbocycles. The quantitative estimate of drug-likeness (QED) is 0.153. The van der Waals surface area contributed by atoms with Crippen molar-refractivity contribution in [2.24, 2.45) is 4.99 Å². The monoisotopic (exact) mass is 692 g/mol. The SMILES string of the molecule is C=Nc1ccc(-c2ccc(OI)c3c2C2(CCCC2)CC3)cc1NCC1CCCN1C.CCC.CNCC=O.O=CO. The fraction of sp³-hybridized carbons (Fsp3) is 0.545. The van der Waals surface area contributed by atoms with Crippen LogP contribution in [-0.2, 0) is 21.4 Å². The topological polar surface area (TPSA) is 103 Å². The molecule has 1 unspecified atom stereocenters. The number of anilines is 1. The van der Waals surface area contributed by atoms with Gasteiger partial charge in [-0.15, -0.1) is 0 Å². The highest BCUT2D eigenvalue weighted by Crippen LogP contribution is 2.55. The summed E-state index contributed by atoms with van der Waals surface area (Å²) in [4.78, 5) is 24.5. The van der Waals surface area contributed by atoms with E-state index in [1.165, 1.54) is 74.6 Å². The van der Waals surface area contributed by atoms with Crippen LogP contribution in [0.25, 0.3) is 11.1 Å². The number of likely N-dealkylation sites (tertiary alicyclic amines) is 1. The largest absolute Gasteiger partial charge is 0.483 e. The second kappa shape index (κ2) is 18.9. The number of aldehydes is 1. The number of carbonyl (C=O) groups is 2. The van der Waals surface area contributed by atoms with Gasteiger partial charge in [0, 0.05) is 12.6 Å². The van der Waals surface area contributed by atoms with Crippen LogP contribution in [0.15, 0.2) is 35.3 Å². The van der Waals surface area contributed by atoms with Gasteiger partial charge in [0.05, 0.1) is 17.9 Å². The number of benzene rings is 2. The van der Waals surface area contributed by atoms with Gasteiger partial charge in [-0.25, -0.2) is 0 Å². The zero-order valence-electron chi connectivity index (χ0n) is 25.8. The number of carboxylic acid groups (broad SMARTS) is 1. The molecule has 2 aliphatic carbocycles. The van der Waals surface area contributed by atoms with Gasteiger partial charge in [-0.3, -0.25) is 9.79 Å². The van der Waals surface area contributed by atoms with Gasteiger partial charge < -0.3 is 28.5 Å². The second-order valence-electron chi connectivity index (χ2n) is 11.1. The van der Waals surface area contributed by atoms with E-state index in [9.17, 15) is 4.79 Å². The Kier molecular flexibility index (Phi) is 16.1. The number of hydrogen-bond acceptors (Lipinski definition) is 7. The Morgan fingerprint density at radius 2 is 1.86 bits per heavy atom. The van der Waals surface area contributed by atoms with Crippen LogP contribution in [0.3, 0.4) is 0 Å². The third-order valence-electron chi connectivity index (χ3n) is 8.26. The Balaban J connectivity index is 0.000000486. The van der Waals surface area contributed by atoms with Gasteiger partial charge in [0.15, 0.2) is 23.0 Å². The molecule has 1 spiro atoms. The van der Waals surface area contributed by atoms with Crippen LogP contribution >= 0.6 is 23.0 Å². The van der Waals surface area contributed by atoms with Gasteiger partial charge >= 0.3 is 0 Å². The van der Waals surface area contributed by atoms with E-state index in [2.05, 4.69) is 78.5 Å². The van der Waals surface area contributed by atoms with E-state index in [1.54, 1.807) is 12.6 Å². The minimum Gasteiger partial charge on any atom is -0.483 e. The van der Waals surface area contributed by atoms with E-state index >= 15 is 0 Å². The van der Waals surface area contributed by atoms with Gasteiger partial charge in [0.1, 0.15) is 12.0 Å². The number of nitrogens with zero attached hydrogens (tertiary/aromatic N) is 2. The molecule has 5 rings (SSSR count). The molecule has 2 aromatic rings. The molecular formula is C33H49IN4O4. The standard InChI is InChI=1S/C26H32IN3O.C3H7NO.C3H8.CH2O2/c1-28-22-9-7-18(16-23(22)29-17-19-6-5-15-30(19)2)20-8-10-24(31-27)21-11-14-26(25(20)21)12-3-4-13-26;1-4-2-3-5;1-3-2;2-1-3/h7-10,16,19,29H,1,3-6,11-15,17H2,2H3;3-4H,2H2,1H3;3H2,1-2H3;1H,(H,2,3). The number of nitrogens with one attached hydrogen (secondary N) is 2. The molecule has 0 aromatic heterocycles. The van der Waals surface area contributed by atoms with Crippen molar-refractivity contribution in [1.82, 2.24) is 10.2 Å². The van der Waals surface area contributed by atoms with Crippen molar-refractivity contribution in [2.45, 2.75) is 83.1 Å². The van der Waals surface area contributed by atoms with Crippen LogP contribution < -0.4 is 13.7 Å². The van der Waals surface area contributed by atoms with E-state index in [4.69, 9.17) is 13.0 Å². The number of rotatable bonds is 8. The number of fused-ring (bicyclic) bond motifs is 2. The minimum atomic E-state index is -0.250. The summed E-state index contributed by atoms with van der Waals surface area (Å²) < 4.78 is 5.75. The summed E-state index contributed by atoms with van der Waals surface area (Å²) >= 11 is 2.04. The number of likely N-dealkylation sites (N-methyl/N-ethyl adjacent to an activating group) is 2. The van der Waals surface area contributed by atoms with Crippen LogP contribution in [-0.4, -0.2) is 69.3 Å². The van der Waals surface area contributed by atoms with Crippen molar-refractivity contribution in [1.29, 1.82) is 0 Å². The lowest BCUT2D eigenvalue weighted by Gasteiger charge is -2.28. The Hall–Kier alpha value is -2.50. The van der Waals surface area contributed by atoms with E-state index in [-0.39, 0.29) is 6.47 Å². The van der Waals surface area contributed by atoms with Crippen molar-refractivity contribution in [2.75, 3.05) is 39.0 Å². The summed E-state index contributed by atoms with van der Waals surface area (Å²) in [5.41, 5.74) is 8.01. The maximum Gasteiger partial charge on any atom is 0.290 e. The number of hydrogen-bond donors (Lipinski definition) is 3. The molecule has 232 valence electrons. The smallest absolute Gasteiger partial charge is 0.290 e. The first kappa shape index (κ1) is 35.7. The molecule has 1 aliphatic heterocycles. The summed E-state index contributed by atoms with van der Waals surface area (Å²) in [5.74, 6) is 1.05. The van der Waals surface area contributed by atoms with Crippen LogP contribution in [0.4, 0.5) is 11.4 Å². The molecule has 8 nitrogen and oxygen atoms in total. The van der Waals surface area contributed by atoms with Crippen LogP contribution in [0.1, 0.15) is 76.3 Å². The molecule has 42 heavy (non-hydrogen) atoms. The maximum atomic E-state index is 9.34. The van der Waals surface area contributed by atoms with Crippen molar-refractivity contribution in [3.63, 3.8) is 0 Å². The van der Waals surface area contributed by atoms with E-state index in [0.717, 1.165) is 36.4 Å². The highest BCUT2D eigenvalue weighted by Gasteiger charge is 2.43. The van der Waals surface area contributed by atoms with Crippen LogP contribution in [0, 0.1) is 0 Å². The third kappa shape index (κ3) is 9.25. The lowest BCUT2D eigenvalue weighted by molar-refractivity contribution is -0.122. The third-order valence-corrected chi connectivity index (χ3v) is 8.74. The van der Waals surface area contributed by atoms with Gasteiger partial charge in [-0.1, -0.05) is 45.2 Å². The van der Waals surface area contributed by atoms with Crippen molar-refractivity contribution >= 4 is 53.9 Å². The molecule has 3 aliphatic rings. The lowest BCUT2D eigenvalue weighted by Crippen LogP contribution is -2.31. The lowest BCUT2D eigenvalue weighted by atomic mass is 9.77. The van der Waals surface area contributed by atoms with E-state index < -0.39 is 0 Å². The zero-order chi connectivity index (χ0) is 31.0. The molecule has 1 saturated heterocycles. The van der Waals surface area contributed by atoms with Crippen molar-refractivity contribution in [3.8, 4) is 16.9 Å². The first-order valence-electron chi connectivity index (χ1n) is 15.1. The summed E-state index contributed by atoms with van der Waals surface area (Å²) in [6, 6.07) is 11.7. The Bertz CT molecular complexity index is 1140. The summed E-state index contributed by atoms with van der Waals surface area (Å²) in [7, 11) is 3.96. The predicted octanol–water partition coefficient (Wildman–Crippen LogP) is 7.20. The highest BCUT2D eigenvalue weighted by molar-refractivity contribution is 14.1. The van der Waals surface area contributed by atoms with Crippen molar-refractivity contribution in [3.05, 3.63) is 41.5 Å². The van der Waals surface area contributed by atoms with Crippen LogP contribution in [0.2, 0.25) is 0 Å². The second-order valence-corrected chi connectivity index (χ2v) is 11.6. The molecule has 3 N–H and O–H groups in total. The average molecular weight is 693 g/mol. The zero-order valence-corrected chi connectivity index (χ0v) is 27.9.